The van der Waals surface area contributed by atoms with E-state index in [1.807, 2.05) is 0 Å². The first-order valence-electron chi connectivity index (χ1n) is 10.7. The number of rotatable bonds is 4. The first-order valence-corrected chi connectivity index (χ1v) is 10.7. The molecule has 0 fully saturated rings. The lowest BCUT2D eigenvalue weighted by atomic mass is 10.1. The molecule has 2 amide bonds. The number of alkyl halides is 3. The Hall–Kier alpha value is -4.13. The van der Waals surface area contributed by atoms with Crippen molar-refractivity contribution in [3.05, 3.63) is 48.0 Å². The van der Waals surface area contributed by atoms with Crippen LogP contribution >= 0.6 is 0 Å². The van der Waals surface area contributed by atoms with Gasteiger partial charge in [-0.05, 0) is 24.3 Å². The predicted octanol–water partition coefficient (Wildman–Crippen LogP) is 3.42. The number of nitrogens with one attached hydrogen (secondary N) is 1. The van der Waals surface area contributed by atoms with Crippen LogP contribution in [0.1, 0.15) is 5.56 Å². The SMILES string of the molecule is COc1cc(NC(=O)N2C[C@H](O)CN(C)c3ccc(-c4cccc(C(F)(F)F)c4)nc32)nc(OC)n1. The van der Waals surface area contributed by atoms with Crippen LogP contribution in [0.4, 0.5) is 35.3 Å². The van der Waals surface area contributed by atoms with Gasteiger partial charge in [0.2, 0.25) is 5.88 Å². The molecule has 190 valence electrons. The van der Waals surface area contributed by atoms with Crippen LogP contribution in [-0.4, -0.2) is 66.6 Å². The van der Waals surface area contributed by atoms with Gasteiger partial charge in [0.05, 0.1) is 43.8 Å². The fraction of sp³-hybridized carbons (Fsp3) is 0.304. The maximum absolute atomic E-state index is 13.3. The van der Waals surface area contributed by atoms with Crippen molar-refractivity contribution in [3.8, 4) is 23.1 Å². The molecule has 0 radical (unpaired) electrons. The van der Waals surface area contributed by atoms with Gasteiger partial charge in [-0.25, -0.2) is 9.78 Å². The third-order valence-electron chi connectivity index (χ3n) is 5.44. The number of aliphatic hydroxyl groups is 1. The number of hydrogen-bond acceptors (Lipinski definition) is 8. The third-order valence-corrected chi connectivity index (χ3v) is 5.44. The molecular weight excluding hydrogens is 481 g/mol. The van der Waals surface area contributed by atoms with E-state index in [0.717, 1.165) is 12.1 Å². The fourth-order valence-electron chi connectivity index (χ4n) is 3.74. The summed E-state index contributed by atoms with van der Waals surface area (Å²) < 4.78 is 49.8. The molecule has 1 aliphatic heterocycles. The second-order valence-electron chi connectivity index (χ2n) is 7.98. The number of amides is 2. The summed E-state index contributed by atoms with van der Waals surface area (Å²) in [6.07, 6.45) is -5.45. The summed E-state index contributed by atoms with van der Waals surface area (Å²) in [5.74, 6) is 0.388. The number of likely N-dealkylation sites (N-methyl/N-ethyl adjacent to an activating group) is 1. The van der Waals surface area contributed by atoms with Gasteiger partial charge in [-0.1, -0.05) is 12.1 Å². The van der Waals surface area contributed by atoms with E-state index in [1.165, 1.54) is 37.3 Å². The van der Waals surface area contributed by atoms with Gasteiger partial charge in [-0.3, -0.25) is 10.2 Å². The van der Waals surface area contributed by atoms with Crippen LogP contribution < -0.4 is 24.6 Å². The molecule has 0 unspecified atom stereocenters. The molecule has 13 heteroatoms. The topological polar surface area (TPSA) is 113 Å². The molecule has 0 spiro atoms. The number of aliphatic hydroxyl groups excluding tert-OH is 1. The summed E-state index contributed by atoms with van der Waals surface area (Å²) in [7, 11) is 4.47. The Morgan fingerprint density at radius 2 is 1.86 bits per heavy atom. The highest BCUT2D eigenvalue weighted by Crippen LogP contribution is 2.35. The van der Waals surface area contributed by atoms with Crippen LogP contribution in [0.15, 0.2) is 42.5 Å². The number of β-amino-alcohol motifs (C(OH)–C–C–N with tert-alkyl or cyclic N) is 1. The first-order chi connectivity index (χ1) is 17.1. The van der Waals surface area contributed by atoms with Gasteiger partial charge >= 0.3 is 18.2 Å². The lowest BCUT2D eigenvalue weighted by Gasteiger charge is -2.24. The van der Waals surface area contributed by atoms with Gasteiger partial charge in [0.25, 0.3) is 0 Å². The van der Waals surface area contributed by atoms with Gasteiger partial charge < -0.3 is 19.5 Å². The number of pyridine rings is 1. The highest BCUT2D eigenvalue weighted by atomic mass is 19.4. The number of methoxy groups -OCH3 is 2. The van der Waals surface area contributed by atoms with E-state index in [-0.39, 0.29) is 47.9 Å². The van der Waals surface area contributed by atoms with Crippen molar-refractivity contribution in [2.75, 3.05) is 49.5 Å². The molecule has 0 saturated heterocycles. The molecule has 3 heterocycles. The summed E-state index contributed by atoms with van der Waals surface area (Å²) in [4.78, 5) is 28.8. The van der Waals surface area contributed by atoms with Crippen molar-refractivity contribution >= 4 is 23.4 Å². The minimum atomic E-state index is -4.52. The number of carbonyl (C=O) groups excluding carboxylic acids is 1. The van der Waals surface area contributed by atoms with E-state index >= 15 is 0 Å². The predicted molar refractivity (Wildman–Crippen MR) is 125 cm³/mol. The van der Waals surface area contributed by atoms with E-state index in [0.29, 0.717) is 5.69 Å². The maximum atomic E-state index is 13.3. The average Bonchev–Trinajstić information content (AvgIpc) is 2.98. The Morgan fingerprint density at radius 1 is 1.08 bits per heavy atom. The normalized spacial score (nSPS) is 15.7. The van der Waals surface area contributed by atoms with E-state index in [2.05, 4.69) is 20.3 Å². The molecule has 1 atom stereocenters. The van der Waals surface area contributed by atoms with Gasteiger partial charge in [0.15, 0.2) is 5.82 Å². The van der Waals surface area contributed by atoms with Gasteiger partial charge in [0, 0.05) is 25.2 Å². The summed E-state index contributed by atoms with van der Waals surface area (Å²) in [5.41, 5.74) is 0.152. The molecule has 0 bridgehead atoms. The zero-order chi connectivity index (χ0) is 26.0. The molecule has 1 aliphatic rings. The largest absolute Gasteiger partial charge is 0.481 e. The summed E-state index contributed by atoms with van der Waals surface area (Å²) >= 11 is 0. The molecule has 0 aliphatic carbocycles. The Bertz CT molecular complexity index is 1250. The van der Waals surface area contributed by atoms with Gasteiger partial charge in [-0.15, -0.1) is 0 Å². The van der Waals surface area contributed by atoms with Crippen molar-refractivity contribution in [1.82, 2.24) is 15.0 Å². The summed E-state index contributed by atoms with van der Waals surface area (Å²) in [5, 5.41) is 13.1. The number of benzene rings is 1. The monoisotopic (exact) mass is 504 g/mol. The van der Waals surface area contributed by atoms with Crippen molar-refractivity contribution in [2.45, 2.75) is 12.3 Å². The van der Waals surface area contributed by atoms with E-state index in [9.17, 15) is 23.1 Å². The minimum absolute atomic E-state index is 0.0364. The second kappa shape index (κ2) is 9.85. The standard InChI is InChI=1S/C23H23F3N6O4/c1-31-11-15(33)12-32(22(34)29-18-10-19(35-2)30-21(28-18)36-3)20-17(31)8-7-16(27-20)13-5-4-6-14(9-13)23(24,25)26/h4-10,15,33H,11-12H2,1-3H3,(H,28,29,30,34)/t15-/m1/s1. The molecule has 36 heavy (non-hydrogen) atoms. The number of fused-ring (bicyclic) bond motifs is 1. The van der Waals surface area contributed by atoms with Crippen molar-refractivity contribution in [3.63, 3.8) is 0 Å². The number of halogens is 3. The Balaban J connectivity index is 1.74. The molecule has 0 saturated carbocycles. The Kier molecular flexibility index (Phi) is 6.84. The van der Waals surface area contributed by atoms with Crippen LogP contribution in [0.3, 0.4) is 0 Å². The molecule has 2 N–H and O–H groups in total. The highest BCUT2D eigenvalue weighted by Gasteiger charge is 2.32. The second-order valence-corrected chi connectivity index (χ2v) is 7.98. The molecule has 10 nitrogen and oxygen atoms in total. The molecule has 2 aromatic heterocycles. The van der Waals surface area contributed by atoms with Crippen LogP contribution in [0.2, 0.25) is 0 Å². The molecule has 3 aromatic rings. The minimum Gasteiger partial charge on any atom is -0.481 e. The lowest BCUT2D eigenvalue weighted by Crippen LogP contribution is -2.41. The van der Waals surface area contributed by atoms with Crippen molar-refractivity contribution in [1.29, 1.82) is 0 Å². The number of aromatic nitrogens is 3. The Morgan fingerprint density at radius 3 is 2.56 bits per heavy atom. The lowest BCUT2D eigenvalue weighted by molar-refractivity contribution is -0.137. The van der Waals surface area contributed by atoms with Gasteiger partial charge in [0.1, 0.15) is 5.82 Å². The summed E-state index contributed by atoms with van der Waals surface area (Å²) in [6, 6.07) is 8.65. The molecule has 4 rings (SSSR count). The smallest absolute Gasteiger partial charge is 0.416 e. The highest BCUT2D eigenvalue weighted by molar-refractivity contribution is 6.03. The number of anilines is 3. The fourth-order valence-corrected chi connectivity index (χ4v) is 3.74. The number of ether oxygens (including phenoxy) is 2. The number of urea groups is 1. The molecule has 1 aromatic carbocycles. The summed E-state index contributed by atoms with van der Waals surface area (Å²) in [6.45, 7) is 0.0814. The van der Waals surface area contributed by atoms with Crippen molar-refractivity contribution in [2.24, 2.45) is 0 Å². The van der Waals surface area contributed by atoms with Crippen LogP contribution in [0, 0.1) is 0 Å². The van der Waals surface area contributed by atoms with E-state index < -0.39 is 23.9 Å². The van der Waals surface area contributed by atoms with E-state index in [1.54, 1.807) is 24.1 Å². The first kappa shape index (κ1) is 25.0. The Labute approximate surface area is 204 Å². The maximum Gasteiger partial charge on any atom is 0.416 e. The average molecular weight is 504 g/mol. The zero-order valence-corrected chi connectivity index (χ0v) is 19.6. The van der Waals surface area contributed by atoms with Crippen molar-refractivity contribution < 1.29 is 32.5 Å². The quantitative estimate of drug-likeness (QED) is 0.556. The van der Waals surface area contributed by atoms with Crippen LogP contribution in [0.25, 0.3) is 11.3 Å². The number of nitrogens with zero attached hydrogens (tertiary/aromatic N) is 5. The number of carbonyl (C=O) groups is 1. The van der Waals surface area contributed by atoms with E-state index in [4.69, 9.17) is 9.47 Å². The zero-order valence-electron chi connectivity index (χ0n) is 19.6. The molecular formula is C23H23F3N6O4. The third kappa shape index (κ3) is 5.25. The number of hydrogen-bond donors (Lipinski definition) is 2. The van der Waals surface area contributed by atoms with Gasteiger partial charge in [-0.2, -0.15) is 23.1 Å². The van der Waals surface area contributed by atoms with Crippen LogP contribution in [-0.2, 0) is 6.18 Å². The van der Waals surface area contributed by atoms with Crippen LogP contribution in [0.5, 0.6) is 11.9 Å².